The molecule has 1 aliphatic carbocycles. The molecule has 0 saturated heterocycles. The Kier molecular flexibility index (Phi) is 2.53. The van der Waals surface area contributed by atoms with Crippen molar-refractivity contribution in [3.05, 3.63) is 0 Å². The van der Waals surface area contributed by atoms with Gasteiger partial charge in [-0.3, -0.25) is 0 Å². The molecule has 0 aromatic carbocycles. The van der Waals surface area contributed by atoms with Gasteiger partial charge in [0.1, 0.15) is 0 Å². The average molecular weight is 214 g/mol. The molecule has 0 bridgehead atoms. The summed E-state index contributed by atoms with van der Waals surface area (Å²) in [5, 5.41) is 3.16. The molecule has 1 rings (SSSR count). The van der Waals surface area contributed by atoms with Gasteiger partial charge >= 0.3 is 0 Å². The Labute approximate surface area is 93.0 Å². The highest BCUT2D eigenvalue weighted by molar-refractivity contribution is 5.28. The van der Waals surface area contributed by atoms with Crippen molar-refractivity contribution in [2.45, 2.75) is 51.4 Å². The van der Waals surface area contributed by atoms with E-state index in [0.29, 0.717) is 0 Å². The van der Waals surface area contributed by atoms with Crippen molar-refractivity contribution in [1.29, 1.82) is 0 Å². The Hall–Kier alpha value is -0.160. The number of likely N-dealkylation sites (N-methyl/N-ethyl adjacent to an activating group) is 1. The SMILES string of the molecule is CNC1(N)C(C)C(C)(N)C(C)(C)C1(C)N. The first-order valence-electron chi connectivity index (χ1n) is 5.52. The summed E-state index contributed by atoms with van der Waals surface area (Å²) in [6.07, 6.45) is 0. The van der Waals surface area contributed by atoms with Gasteiger partial charge in [0.15, 0.2) is 0 Å². The van der Waals surface area contributed by atoms with Crippen LogP contribution in [0.2, 0.25) is 0 Å². The van der Waals surface area contributed by atoms with Crippen molar-refractivity contribution in [3.8, 4) is 0 Å². The zero-order valence-electron chi connectivity index (χ0n) is 10.8. The van der Waals surface area contributed by atoms with Gasteiger partial charge in [-0.2, -0.15) is 0 Å². The molecular weight excluding hydrogens is 188 g/mol. The molecular formula is C11H26N4. The van der Waals surface area contributed by atoms with Gasteiger partial charge in [-0.25, -0.2) is 0 Å². The highest BCUT2D eigenvalue weighted by Gasteiger charge is 2.69. The Balaban J connectivity index is 3.41. The van der Waals surface area contributed by atoms with E-state index >= 15 is 0 Å². The van der Waals surface area contributed by atoms with E-state index < -0.39 is 16.7 Å². The van der Waals surface area contributed by atoms with E-state index in [0.717, 1.165) is 0 Å². The molecule has 7 N–H and O–H groups in total. The normalized spacial score (nSPS) is 54.6. The summed E-state index contributed by atoms with van der Waals surface area (Å²) in [5.41, 5.74) is 17.5. The van der Waals surface area contributed by atoms with Crippen LogP contribution in [0.1, 0.15) is 34.6 Å². The topological polar surface area (TPSA) is 90.1 Å². The van der Waals surface area contributed by atoms with Crippen molar-refractivity contribution in [3.63, 3.8) is 0 Å². The predicted molar refractivity (Wildman–Crippen MR) is 64.1 cm³/mol. The van der Waals surface area contributed by atoms with Gasteiger partial charge in [-0.15, -0.1) is 0 Å². The number of hydrogen-bond acceptors (Lipinski definition) is 4. The lowest BCUT2D eigenvalue weighted by molar-refractivity contribution is 0.112. The summed E-state index contributed by atoms with van der Waals surface area (Å²) in [5.74, 6) is 0.0972. The Morgan fingerprint density at radius 3 is 1.53 bits per heavy atom. The molecule has 15 heavy (non-hydrogen) atoms. The first-order chi connectivity index (χ1) is 6.47. The van der Waals surface area contributed by atoms with Crippen molar-refractivity contribution >= 4 is 0 Å². The molecule has 1 aliphatic rings. The molecule has 0 aliphatic heterocycles. The quantitative estimate of drug-likeness (QED) is 0.461. The van der Waals surface area contributed by atoms with Crippen LogP contribution >= 0.6 is 0 Å². The van der Waals surface area contributed by atoms with E-state index in [9.17, 15) is 0 Å². The van der Waals surface area contributed by atoms with E-state index in [2.05, 4.69) is 26.1 Å². The third-order valence-corrected chi connectivity index (χ3v) is 5.50. The first kappa shape index (κ1) is 12.9. The Bertz CT molecular complexity index is 267. The fraction of sp³-hybridized carbons (Fsp3) is 1.00. The monoisotopic (exact) mass is 214 g/mol. The van der Waals surface area contributed by atoms with Crippen LogP contribution in [0.3, 0.4) is 0 Å². The van der Waals surface area contributed by atoms with E-state index in [1.807, 2.05) is 20.9 Å². The number of rotatable bonds is 1. The molecule has 0 aromatic rings. The summed E-state index contributed by atoms with van der Waals surface area (Å²) in [6.45, 7) is 10.3. The molecule has 4 heteroatoms. The summed E-state index contributed by atoms with van der Waals surface area (Å²) in [7, 11) is 1.85. The van der Waals surface area contributed by atoms with Crippen LogP contribution in [0.15, 0.2) is 0 Å². The van der Waals surface area contributed by atoms with Crippen molar-refractivity contribution in [2.24, 2.45) is 28.5 Å². The first-order valence-corrected chi connectivity index (χ1v) is 5.52. The van der Waals surface area contributed by atoms with Gasteiger partial charge in [0, 0.05) is 16.9 Å². The van der Waals surface area contributed by atoms with Gasteiger partial charge in [0.2, 0.25) is 0 Å². The van der Waals surface area contributed by atoms with Gasteiger partial charge < -0.3 is 22.5 Å². The van der Waals surface area contributed by atoms with Crippen LogP contribution in [0.5, 0.6) is 0 Å². The summed E-state index contributed by atoms with van der Waals surface area (Å²) in [6, 6.07) is 0. The lowest BCUT2D eigenvalue weighted by Crippen LogP contribution is -2.73. The smallest absolute Gasteiger partial charge is 0.0891 e. The van der Waals surface area contributed by atoms with Gasteiger partial charge in [0.25, 0.3) is 0 Å². The van der Waals surface area contributed by atoms with Crippen LogP contribution in [0, 0.1) is 11.3 Å². The minimum absolute atomic E-state index is 0.0972. The minimum Gasteiger partial charge on any atom is -0.324 e. The fourth-order valence-electron chi connectivity index (χ4n) is 3.02. The molecule has 0 spiro atoms. The van der Waals surface area contributed by atoms with E-state index in [4.69, 9.17) is 17.2 Å². The lowest BCUT2D eigenvalue weighted by Gasteiger charge is -2.47. The molecule has 1 fully saturated rings. The van der Waals surface area contributed by atoms with E-state index in [-0.39, 0.29) is 11.3 Å². The molecule has 4 atom stereocenters. The van der Waals surface area contributed by atoms with Crippen LogP contribution in [-0.2, 0) is 0 Å². The van der Waals surface area contributed by atoms with Crippen LogP contribution in [-0.4, -0.2) is 23.8 Å². The highest BCUT2D eigenvalue weighted by Crippen LogP contribution is 2.55. The second kappa shape index (κ2) is 2.94. The highest BCUT2D eigenvalue weighted by atomic mass is 15.2. The van der Waals surface area contributed by atoms with Crippen molar-refractivity contribution in [1.82, 2.24) is 5.32 Å². The summed E-state index contributed by atoms with van der Waals surface area (Å²) >= 11 is 0. The maximum atomic E-state index is 6.44. The summed E-state index contributed by atoms with van der Waals surface area (Å²) < 4.78 is 0. The van der Waals surface area contributed by atoms with E-state index in [1.54, 1.807) is 0 Å². The number of nitrogens with two attached hydrogens (primary N) is 3. The Morgan fingerprint density at radius 1 is 1.00 bits per heavy atom. The van der Waals surface area contributed by atoms with Crippen molar-refractivity contribution in [2.75, 3.05) is 7.05 Å². The molecule has 4 unspecified atom stereocenters. The third kappa shape index (κ3) is 1.11. The fourth-order valence-corrected chi connectivity index (χ4v) is 3.02. The van der Waals surface area contributed by atoms with Crippen molar-refractivity contribution < 1.29 is 0 Å². The van der Waals surface area contributed by atoms with Gasteiger partial charge in [-0.05, 0) is 20.9 Å². The molecule has 4 nitrogen and oxygen atoms in total. The van der Waals surface area contributed by atoms with Crippen LogP contribution < -0.4 is 22.5 Å². The second-order valence-electron chi connectivity index (χ2n) is 5.95. The molecule has 90 valence electrons. The molecule has 0 aromatic heterocycles. The zero-order chi connectivity index (χ0) is 12.3. The number of hydrogen-bond donors (Lipinski definition) is 4. The summed E-state index contributed by atoms with van der Waals surface area (Å²) in [4.78, 5) is 0. The molecule has 0 heterocycles. The molecule has 0 amide bonds. The third-order valence-electron chi connectivity index (χ3n) is 5.50. The number of nitrogens with one attached hydrogen (secondary N) is 1. The van der Waals surface area contributed by atoms with Gasteiger partial charge in [0.05, 0.1) is 11.2 Å². The predicted octanol–water partition coefficient (Wildman–Crippen LogP) is -0.0285. The standard InChI is InChI=1S/C11H26N4/c1-7-9(4,12)8(2,3)10(5,13)11(7,14)15-6/h7,15H,12-14H2,1-6H3. The largest absolute Gasteiger partial charge is 0.324 e. The molecule has 1 saturated carbocycles. The maximum Gasteiger partial charge on any atom is 0.0891 e. The Morgan fingerprint density at radius 2 is 1.40 bits per heavy atom. The van der Waals surface area contributed by atoms with Crippen LogP contribution in [0.25, 0.3) is 0 Å². The lowest BCUT2D eigenvalue weighted by atomic mass is 9.67. The van der Waals surface area contributed by atoms with E-state index in [1.165, 1.54) is 0 Å². The minimum atomic E-state index is -0.639. The molecule has 0 radical (unpaired) electrons. The van der Waals surface area contributed by atoms with Gasteiger partial charge in [-0.1, -0.05) is 20.8 Å². The average Bonchev–Trinajstić information content (AvgIpc) is 2.18. The maximum absolute atomic E-state index is 6.44. The van der Waals surface area contributed by atoms with Crippen LogP contribution in [0.4, 0.5) is 0 Å². The second-order valence-corrected chi connectivity index (χ2v) is 5.95. The zero-order valence-corrected chi connectivity index (χ0v) is 10.8.